The van der Waals surface area contributed by atoms with Gasteiger partial charge in [-0.2, -0.15) is 0 Å². The second-order valence-corrected chi connectivity index (χ2v) is 6.81. The van der Waals surface area contributed by atoms with Crippen LogP contribution >= 0.6 is 12.4 Å². The molecular formula is C12H21ClN2O2S. The number of halogens is 1. The molecule has 0 aliphatic rings. The van der Waals surface area contributed by atoms with Gasteiger partial charge in [0, 0.05) is 11.2 Å². The lowest BCUT2D eigenvalue weighted by Gasteiger charge is -2.18. The number of hydrogen-bond donors (Lipinski definition) is 2. The average Bonchev–Trinajstić information content (AvgIpc) is 2.13. The van der Waals surface area contributed by atoms with Crippen LogP contribution in [0.1, 0.15) is 25.8 Å². The lowest BCUT2D eigenvalue weighted by atomic mass is 9.96. The Bertz CT molecular complexity index is 464. The minimum atomic E-state index is -3.20. The van der Waals surface area contributed by atoms with Crippen LogP contribution < -0.4 is 10.5 Å². The maximum atomic E-state index is 11.0. The number of aryl methyl sites for hydroxylation is 1. The highest BCUT2D eigenvalue weighted by molar-refractivity contribution is 7.92. The average molecular weight is 293 g/mol. The third kappa shape index (κ3) is 7.53. The first-order valence-corrected chi connectivity index (χ1v) is 7.40. The molecule has 0 saturated carbocycles. The minimum absolute atomic E-state index is 0. The summed E-state index contributed by atoms with van der Waals surface area (Å²) in [6.07, 6.45) is 2.92. The van der Waals surface area contributed by atoms with Crippen LogP contribution in [-0.2, 0) is 16.4 Å². The van der Waals surface area contributed by atoms with Gasteiger partial charge in [0.15, 0.2) is 0 Å². The van der Waals surface area contributed by atoms with E-state index in [9.17, 15) is 8.42 Å². The van der Waals surface area contributed by atoms with Crippen LogP contribution in [0, 0.1) is 0 Å². The first kappa shape index (κ1) is 17.2. The van der Waals surface area contributed by atoms with Gasteiger partial charge < -0.3 is 5.73 Å². The Labute approximate surface area is 115 Å². The van der Waals surface area contributed by atoms with E-state index < -0.39 is 10.0 Å². The number of nitrogens with two attached hydrogens (primary N) is 1. The molecule has 0 radical (unpaired) electrons. The molecule has 0 spiro atoms. The van der Waals surface area contributed by atoms with E-state index >= 15 is 0 Å². The molecule has 0 fully saturated rings. The number of benzene rings is 1. The zero-order valence-electron chi connectivity index (χ0n) is 10.9. The third-order valence-electron chi connectivity index (χ3n) is 2.32. The number of hydrogen-bond acceptors (Lipinski definition) is 3. The van der Waals surface area contributed by atoms with Gasteiger partial charge in [0.25, 0.3) is 0 Å². The molecule has 3 N–H and O–H groups in total. The van der Waals surface area contributed by atoms with Crippen LogP contribution in [0.5, 0.6) is 0 Å². The fourth-order valence-corrected chi connectivity index (χ4v) is 1.98. The minimum Gasteiger partial charge on any atom is -0.326 e. The molecule has 0 atom stereocenters. The molecule has 0 aromatic heterocycles. The Kier molecular flexibility index (Phi) is 6.13. The van der Waals surface area contributed by atoms with E-state index in [0.717, 1.165) is 24.7 Å². The van der Waals surface area contributed by atoms with Crippen LogP contribution in [0.15, 0.2) is 24.3 Å². The van der Waals surface area contributed by atoms with E-state index in [4.69, 9.17) is 5.73 Å². The Morgan fingerprint density at radius 1 is 1.22 bits per heavy atom. The predicted octanol–water partition coefficient (Wildman–Crippen LogP) is 2.15. The number of rotatable bonds is 5. The van der Waals surface area contributed by atoms with Crippen LogP contribution in [0.2, 0.25) is 0 Å². The highest BCUT2D eigenvalue weighted by Gasteiger charge is 2.10. The third-order valence-corrected chi connectivity index (χ3v) is 2.92. The molecule has 18 heavy (non-hydrogen) atoms. The Morgan fingerprint density at radius 3 is 2.11 bits per heavy atom. The molecule has 1 rings (SSSR count). The molecule has 0 saturated heterocycles. The van der Waals surface area contributed by atoms with Gasteiger partial charge in [-0.15, -0.1) is 12.4 Å². The van der Waals surface area contributed by atoms with Gasteiger partial charge >= 0.3 is 0 Å². The lowest BCUT2D eigenvalue weighted by Crippen LogP contribution is -2.32. The van der Waals surface area contributed by atoms with Gasteiger partial charge in [-0.05, 0) is 44.4 Å². The molecule has 1 aromatic rings. The van der Waals surface area contributed by atoms with E-state index in [1.165, 1.54) is 0 Å². The van der Waals surface area contributed by atoms with Crippen molar-refractivity contribution in [2.45, 2.75) is 32.2 Å². The summed E-state index contributed by atoms with van der Waals surface area (Å²) in [6, 6.07) is 7.36. The van der Waals surface area contributed by atoms with Crippen molar-refractivity contribution in [3.63, 3.8) is 0 Å². The molecule has 0 heterocycles. The van der Waals surface area contributed by atoms with Crippen molar-refractivity contribution in [2.24, 2.45) is 5.73 Å². The first-order valence-electron chi connectivity index (χ1n) is 5.51. The van der Waals surface area contributed by atoms with E-state index in [0.29, 0.717) is 5.69 Å². The van der Waals surface area contributed by atoms with Crippen molar-refractivity contribution in [1.29, 1.82) is 0 Å². The van der Waals surface area contributed by atoms with Gasteiger partial charge in [-0.25, -0.2) is 8.42 Å². The van der Waals surface area contributed by atoms with Crippen LogP contribution in [0.4, 0.5) is 5.69 Å². The Balaban J connectivity index is 0.00000289. The second kappa shape index (κ2) is 6.41. The van der Waals surface area contributed by atoms with E-state index in [1.807, 2.05) is 26.0 Å². The summed E-state index contributed by atoms with van der Waals surface area (Å²) in [4.78, 5) is 0. The number of nitrogens with one attached hydrogen (secondary N) is 1. The first-order chi connectivity index (χ1) is 7.66. The molecule has 0 unspecified atom stereocenters. The Hall–Kier alpha value is -0.780. The standard InChI is InChI=1S/C12H20N2O2S.ClH/c1-12(2,13)9-8-10-4-6-11(7-5-10)14-17(3,15)16;/h4-7,14H,8-9,13H2,1-3H3;1H. The molecule has 4 nitrogen and oxygen atoms in total. The maximum Gasteiger partial charge on any atom is 0.229 e. The van der Waals surface area contributed by atoms with Gasteiger partial charge in [0.1, 0.15) is 0 Å². The van der Waals surface area contributed by atoms with E-state index in [2.05, 4.69) is 4.72 Å². The smallest absolute Gasteiger partial charge is 0.229 e. The van der Waals surface area contributed by atoms with Crippen molar-refractivity contribution in [1.82, 2.24) is 0 Å². The van der Waals surface area contributed by atoms with Crippen molar-refractivity contribution in [3.8, 4) is 0 Å². The number of sulfonamides is 1. The van der Waals surface area contributed by atoms with Gasteiger partial charge in [-0.1, -0.05) is 12.1 Å². The van der Waals surface area contributed by atoms with Crippen LogP contribution in [0.3, 0.4) is 0 Å². The summed E-state index contributed by atoms with van der Waals surface area (Å²) in [6.45, 7) is 3.99. The topological polar surface area (TPSA) is 72.2 Å². The van der Waals surface area contributed by atoms with Crippen molar-refractivity contribution >= 4 is 28.1 Å². The predicted molar refractivity (Wildman–Crippen MR) is 78.7 cm³/mol. The van der Waals surface area contributed by atoms with E-state index in [1.54, 1.807) is 12.1 Å². The van der Waals surface area contributed by atoms with Gasteiger partial charge in [0.2, 0.25) is 10.0 Å². The van der Waals surface area contributed by atoms with Crippen molar-refractivity contribution in [3.05, 3.63) is 29.8 Å². The van der Waals surface area contributed by atoms with Crippen LogP contribution in [-0.4, -0.2) is 20.2 Å². The molecule has 0 bridgehead atoms. The summed E-state index contributed by atoms with van der Waals surface area (Å²) >= 11 is 0. The summed E-state index contributed by atoms with van der Waals surface area (Å²) in [5, 5.41) is 0. The number of anilines is 1. The van der Waals surface area contributed by atoms with E-state index in [-0.39, 0.29) is 17.9 Å². The lowest BCUT2D eigenvalue weighted by molar-refractivity contribution is 0.477. The second-order valence-electron chi connectivity index (χ2n) is 5.06. The molecule has 0 aliphatic carbocycles. The monoisotopic (exact) mass is 292 g/mol. The normalized spacial score (nSPS) is 11.8. The molecular weight excluding hydrogens is 272 g/mol. The highest BCUT2D eigenvalue weighted by Crippen LogP contribution is 2.14. The zero-order valence-corrected chi connectivity index (χ0v) is 12.6. The largest absolute Gasteiger partial charge is 0.326 e. The quantitative estimate of drug-likeness (QED) is 0.873. The van der Waals surface area contributed by atoms with Crippen molar-refractivity contribution < 1.29 is 8.42 Å². The SMILES string of the molecule is CC(C)(N)CCc1ccc(NS(C)(=O)=O)cc1.Cl. The molecule has 1 aromatic carbocycles. The Morgan fingerprint density at radius 2 is 1.72 bits per heavy atom. The van der Waals surface area contributed by atoms with Gasteiger partial charge in [0.05, 0.1) is 6.26 Å². The fourth-order valence-electron chi connectivity index (χ4n) is 1.42. The maximum absolute atomic E-state index is 11.0. The van der Waals surface area contributed by atoms with Crippen LogP contribution in [0.25, 0.3) is 0 Å². The van der Waals surface area contributed by atoms with Crippen molar-refractivity contribution in [2.75, 3.05) is 11.0 Å². The summed E-state index contributed by atoms with van der Waals surface area (Å²) < 4.78 is 24.5. The summed E-state index contributed by atoms with van der Waals surface area (Å²) in [7, 11) is -3.20. The molecule has 0 amide bonds. The molecule has 104 valence electrons. The summed E-state index contributed by atoms with van der Waals surface area (Å²) in [5.41, 5.74) is 7.47. The molecule has 0 aliphatic heterocycles. The zero-order chi connectivity index (χ0) is 13.1. The van der Waals surface area contributed by atoms with Gasteiger partial charge in [-0.3, -0.25) is 4.72 Å². The summed E-state index contributed by atoms with van der Waals surface area (Å²) in [5.74, 6) is 0. The fraction of sp³-hybridized carbons (Fsp3) is 0.500. The molecule has 6 heteroatoms. The highest BCUT2D eigenvalue weighted by atomic mass is 35.5.